The monoisotopic (exact) mass is 270 g/mol. The zero-order chi connectivity index (χ0) is 12.8. The van der Waals surface area contributed by atoms with Crippen LogP contribution in [-0.4, -0.2) is 16.0 Å². The number of hydrogen-bond acceptors (Lipinski definition) is 4. The van der Waals surface area contributed by atoms with Crippen LogP contribution in [0.5, 0.6) is 0 Å². The molecule has 1 aromatic carbocycles. The molecule has 4 heteroatoms. The first-order chi connectivity index (χ1) is 8.79. The third-order valence-electron chi connectivity index (χ3n) is 2.74. The van der Waals surface area contributed by atoms with Gasteiger partial charge in [0.05, 0.1) is 10.3 Å². The zero-order valence-corrected chi connectivity index (χ0v) is 11.2. The molecule has 2 nitrogen and oxygen atoms in total. The van der Waals surface area contributed by atoms with Gasteiger partial charge >= 0.3 is 0 Å². The minimum Gasteiger partial charge on any atom is -0.196 e. The third-order valence-corrected chi connectivity index (χ3v) is 2.92. The molecule has 0 unspecified atom stereocenters. The Morgan fingerprint density at radius 2 is 1.72 bits per heavy atom. The SMILES string of the molecule is S=C=NC1(N=C=S)C=CC(c2ccccc2)=CC1. The van der Waals surface area contributed by atoms with Crippen LogP contribution < -0.4 is 0 Å². The first-order valence-corrected chi connectivity index (χ1v) is 6.24. The van der Waals surface area contributed by atoms with E-state index in [9.17, 15) is 0 Å². The van der Waals surface area contributed by atoms with E-state index in [4.69, 9.17) is 0 Å². The Labute approximate surface area is 116 Å². The van der Waals surface area contributed by atoms with Crippen LogP contribution in [0.4, 0.5) is 0 Å². The van der Waals surface area contributed by atoms with E-state index >= 15 is 0 Å². The lowest BCUT2D eigenvalue weighted by molar-refractivity contribution is 0.574. The molecule has 18 heavy (non-hydrogen) atoms. The summed E-state index contributed by atoms with van der Waals surface area (Å²) in [4.78, 5) is 8.14. The van der Waals surface area contributed by atoms with Crippen molar-refractivity contribution in [3.63, 3.8) is 0 Å². The van der Waals surface area contributed by atoms with Crippen molar-refractivity contribution in [1.29, 1.82) is 0 Å². The first-order valence-electron chi connectivity index (χ1n) is 5.42. The van der Waals surface area contributed by atoms with E-state index in [2.05, 4.69) is 63.0 Å². The highest BCUT2D eigenvalue weighted by molar-refractivity contribution is 7.78. The lowest BCUT2D eigenvalue weighted by Gasteiger charge is -2.21. The molecule has 1 aliphatic carbocycles. The Morgan fingerprint density at radius 3 is 2.22 bits per heavy atom. The molecule has 0 atom stereocenters. The molecular weight excluding hydrogens is 260 g/mol. The molecule has 2 rings (SSSR count). The fraction of sp³-hybridized carbons (Fsp3) is 0.143. The molecule has 0 bridgehead atoms. The van der Waals surface area contributed by atoms with E-state index in [0.717, 1.165) is 5.57 Å². The number of allylic oxidation sites excluding steroid dienone is 2. The second-order valence-electron chi connectivity index (χ2n) is 3.85. The number of isothiocyanates is 2. The number of hydrogen-bond donors (Lipinski definition) is 0. The van der Waals surface area contributed by atoms with E-state index in [1.807, 2.05) is 30.4 Å². The van der Waals surface area contributed by atoms with Crippen LogP contribution in [-0.2, 0) is 0 Å². The molecule has 0 radical (unpaired) electrons. The zero-order valence-electron chi connectivity index (χ0n) is 9.54. The standard InChI is InChI=1S/C14H10N2S2/c17-10-15-14(16-11-18)8-6-13(7-9-14)12-4-2-1-3-5-12/h1-8H,9H2. The quantitative estimate of drug-likeness (QED) is 0.614. The highest BCUT2D eigenvalue weighted by atomic mass is 32.1. The molecule has 0 heterocycles. The maximum atomic E-state index is 4.65. The molecule has 0 spiro atoms. The smallest absolute Gasteiger partial charge is 0.191 e. The Kier molecular flexibility index (Phi) is 4.08. The largest absolute Gasteiger partial charge is 0.196 e. The second-order valence-corrected chi connectivity index (χ2v) is 4.21. The lowest BCUT2D eigenvalue weighted by atomic mass is 9.94. The van der Waals surface area contributed by atoms with Gasteiger partial charge in [0.2, 0.25) is 0 Å². The van der Waals surface area contributed by atoms with Gasteiger partial charge in [-0.1, -0.05) is 42.5 Å². The van der Waals surface area contributed by atoms with Crippen molar-refractivity contribution in [3.05, 3.63) is 54.1 Å². The third kappa shape index (κ3) is 2.76. The van der Waals surface area contributed by atoms with Crippen LogP contribution in [0.2, 0.25) is 0 Å². The van der Waals surface area contributed by atoms with Crippen molar-refractivity contribution in [2.24, 2.45) is 9.98 Å². The first kappa shape index (κ1) is 12.7. The highest BCUT2D eigenvalue weighted by Gasteiger charge is 2.26. The molecule has 0 aliphatic heterocycles. The van der Waals surface area contributed by atoms with E-state index in [0.29, 0.717) is 6.42 Å². The molecule has 0 saturated heterocycles. The number of aliphatic imine (C=N–C) groups is 2. The van der Waals surface area contributed by atoms with Gasteiger partial charge in [-0.15, -0.1) is 0 Å². The van der Waals surface area contributed by atoms with Crippen LogP contribution in [0.15, 0.2) is 58.5 Å². The summed E-state index contributed by atoms with van der Waals surface area (Å²) in [6.07, 6.45) is 6.54. The maximum absolute atomic E-state index is 4.65. The number of thiocarbonyl (C=S) groups is 2. The van der Waals surface area contributed by atoms with E-state index in [1.165, 1.54) is 5.56 Å². The van der Waals surface area contributed by atoms with Crippen molar-refractivity contribution in [2.75, 3.05) is 0 Å². The fourth-order valence-corrected chi connectivity index (χ4v) is 2.13. The molecule has 88 valence electrons. The van der Waals surface area contributed by atoms with Crippen molar-refractivity contribution in [1.82, 2.24) is 0 Å². The second kappa shape index (κ2) is 5.76. The summed E-state index contributed by atoms with van der Waals surface area (Å²) in [6, 6.07) is 10.1. The average Bonchev–Trinajstić information content (AvgIpc) is 2.41. The minimum absolute atomic E-state index is 0.612. The Bertz CT molecular complexity index is 571. The normalized spacial score (nSPS) is 21.4. The molecule has 1 aliphatic rings. The predicted molar refractivity (Wildman–Crippen MR) is 81.0 cm³/mol. The summed E-state index contributed by atoms with van der Waals surface area (Å²) in [5, 5.41) is 4.73. The van der Waals surface area contributed by atoms with E-state index in [1.54, 1.807) is 0 Å². The van der Waals surface area contributed by atoms with Crippen LogP contribution in [0.25, 0.3) is 5.57 Å². The summed E-state index contributed by atoms with van der Waals surface area (Å²) in [5.74, 6) is 0. The van der Waals surface area contributed by atoms with Gasteiger partial charge in [-0.3, -0.25) is 0 Å². The molecule has 0 fully saturated rings. The fourth-order valence-electron chi connectivity index (χ4n) is 1.81. The summed E-state index contributed by atoms with van der Waals surface area (Å²) < 4.78 is 0. The lowest BCUT2D eigenvalue weighted by Crippen LogP contribution is -2.21. The molecular formula is C14H10N2S2. The van der Waals surface area contributed by atoms with Gasteiger partial charge in [0.15, 0.2) is 5.66 Å². The van der Waals surface area contributed by atoms with E-state index in [-0.39, 0.29) is 0 Å². The van der Waals surface area contributed by atoms with Crippen molar-refractivity contribution in [3.8, 4) is 0 Å². The van der Waals surface area contributed by atoms with Gasteiger partial charge in [-0.05, 0) is 41.6 Å². The molecule has 0 N–H and O–H groups in total. The van der Waals surface area contributed by atoms with E-state index < -0.39 is 5.66 Å². The van der Waals surface area contributed by atoms with Gasteiger partial charge in [0.25, 0.3) is 0 Å². The Balaban J connectivity index is 2.30. The summed E-state index contributed by atoms with van der Waals surface area (Å²) in [7, 11) is 0. The summed E-state index contributed by atoms with van der Waals surface area (Å²) in [6.45, 7) is 0. The number of rotatable bonds is 3. The topological polar surface area (TPSA) is 24.7 Å². The van der Waals surface area contributed by atoms with Crippen molar-refractivity contribution in [2.45, 2.75) is 12.1 Å². The van der Waals surface area contributed by atoms with Gasteiger partial charge < -0.3 is 0 Å². The summed E-state index contributed by atoms with van der Waals surface area (Å²) in [5.41, 5.74) is 1.56. The summed E-state index contributed by atoms with van der Waals surface area (Å²) >= 11 is 9.30. The minimum atomic E-state index is -0.748. The van der Waals surface area contributed by atoms with Crippen LogP contribution in [0, 0.1) is 0 Å². The predicted octanol–water partition coefficient (Wildman–Crippen LogP) is 3.93. The average molecular weight is 270 g/mol. The molecule has 0 saturated carbocycles. The van der Waals surface area contributed by atoms with Gasteiger partial charge in [-0.25, -0.2) is 0 Å². The highest BCUT2D eigenvalue weighted by Crippen LogP contribution is 2.30. The molecule has 1 aromatic rings. The van der Waals surface area contributed by atoms with Gasteiger partial charge in [0.1, 0.15) is 0 Å². The van der Waals surface area contributed by atoms with Gasteiger partial charge in [0, 0.05) is 6.42 Å². The van der Waals surface area contributed by atoms with Crippen molar-refractivity contribution < 1.29 is 0 Å². The Morgan fingerprint density at radius 1 is 1.06 bits per heavy atom. The van der Waals surface area contributed by atoms with Crippen LogP contribution in [0.3, 0.4) is 0 Å². The Hall–Kier alpha value is -1.70. The van der Waals surface area contributed by atoms with Gasteiger partial charge in [-0.2, -0.15) is 9.98 Å². The van der Waals surface area contributed by atoms with Crippen molar-refractivity contribution >= 4 is 40.3 Å². The number of nitrogens with zero attached hydrogens (tertiary/aromatic N) is 2. The molecule has 0 amide bonds. The van der Waals surface area contributed by atoms with Crippen LogP contribution in [0.1, 0.15) is 12.0 Å². The van der Waals surface area contributed by atoms with Crippen LogP contribution >= 0.6 is 24.4 Å². The molecule has 0 aromatic heterocycles. The maximum Gasteiger partial charge on any atom is 0.191 e. The number of benzene rings is 1.